The normalized spacial score (nSPS) is 12.7. The number of benzene rings is 3. The zero-order valence-corrected chi connectivity index (χ0v) is 15.2. The van der Waals surface area contributed by atoms with E-state index in [0.29, 0.717) is 18.7 Å². The van der Waals surface area contributed by atoms with Crippen LogP contribution in [0.4, 0.5) is 10.1 Å². The first-order valence-electron chi connectivity index (χ1n) is 9.02. The lowest BCUT2D eigenvalue weighted by Gasteiger charge is -2.20. The van der Waals surface area contributed by atoms with E-state index in [0.717, 1.165) is 28.9 Å². The maximum atomic E-state index is 13.4. The Balaban J connectivity index is 1.44. The highest BCUT2D eigenvalue weighted by atomic mass is 19.1. The van der Waals surface area contributed by atoms with Gasteiger partial charge in [-0.05, 0) is 53.1 Å². The second-order valence-electron chi connectivity index (χ2n) is 6.96. The highest BCUT2D eigenvalue weighted by molar-refractivity contribution is 5.94. The van der Waals surface area contributed by atoms with E-state index >= 15 is 0 Å². The number of nitrogens with zero attached hydrogens (tertiary/aromatic N) is 2. The van der Waals surface area contributed by atoms with Crippen LogP contribution in [0.25, 0.3) is 0 Å². The van der Waals surface area contributed by atoms with Crippen molar-refractivity contribution in [2.75, 3.05) is 11.9 Å². The number of carbonyl (C=O) groups is 1. The molecule has 0 aromatic heterocycles. The van der Waals surface area contributed by atoms with Crippen LogP contribution in [-0.4, -0.2) is 17.9 Å². The molecule has 1 amide bonds. The van der Waals surface area contributed by atoms with Gasteiger partial charge in [0.05, 0.1) is 0 Å². The summed E-state index contributed by atoms with van der Waals surface area (Å²) in [6, 6.07) is 22.6. The number of rotatable bonds is 4. The Labute approximate surface area is 158 Å². The number of hydrogen-bond acceptors (Lipinski definition) is 2. The Morgan fingerprint density at radius 3 is 2.41 bits per heavy atom. The first-order chi connectivity index (χ1) is 13.1. The highest BCUT2D eigenvalue weighted by Gasteiger charge is 2.20. The average molecular weight is 360 g/mol. The van der Waals surface area contributed by atoms with Gasteiger partial charge in [0.25, 0.3) is 5.91 Å². The molecule has 1 aliphatic rings. The molecule has 136 valence electrons. The number of amides is 1. The van der Waals surface area contributed by atoms with Crippen LogP contribution in [0.5, 0.6) is 0 Å². The third-order valence-electron chi connectivity index (χ3n) is 4.98. The van der Waals surface area contributed by atoms with Crippen LogP contribution >= 0.6 is 0 Å². The maximum absolute atomic E-state index is 13.4. The van der Waals surface area contributed by atoms with Gasteiger partial charge in [0.1, 0.15) is 5.82 Å². The number of carbonyl (C=O) groups excluding carboxylic acids is 1. The molecule has 3 nitrogen and oxygen atoms in total. The molecule has 3 aromatic carbocycles. The summed E-state index contributed by atoms with van der Waals surface area (Å²) in [4.78, 5) is 16.6. The highest BCUT2D eigenvalue weighted by Crippen LogP contribution is 2.29. The third-order valence-corrected chi connectivity index (χ3v) is 4.98. The molecule has 1 heterocycles. The van der Waals surface area contributed by atoms with Crippen LogP contribution in [0.15, 0.2) is 72.8 Å². The second-order valence-corrected chi connectivity index (χ2v) is 6.96. The van der Waals surface area contributed by atoms with Crippen LogP contribution in [0.1, 0.15) is 27.0 Å². The Morgan fingerprint density at radius 2 is 1.67 bits per heavy atom. The van der Waals surface area contributed by atoms with Gasteiger partial charge in [-0.2, -0.15) is 0 Å². The fourth-order valence-electron chi connectivity index (χ4n) is 3.51. The van der Waals surface area contributed by atoms with E-state index in [-0.39, 0.29) is 11.7 Å². The van der Waals surface area contributed by atoms with Gasteiger partial charge in [0, 0.05) is 37.9 Å². The molecule has 0 saturated heterocycles. The van der Waals surface area contributed by atoms with E-state index in [9.17, 15) is 9.18 Å². The average Bonchev–Trinajstić information content (AvgIpc) is 3.11. The summed E-state index contributed by atoms with van der Waals surface area (Å²) in [5, 5.41) is 0. The first kappa shape index (κ1) is 17.3. The van der Waals surface area contributed by atoms with Crippen molar-refractivity contribution in [3.8, 4) is 0 Å². The van der Waals surface area contributed by atoms with Crippen molar-refractivity contribution in [1.82, 2.24) is 4.90 Å². The molecular formula is C23H21FN2O. The molecule has 0 bridgehead atoms. The van der Waals surface area contributed by atoms with E-state index in [1.54, 1.807) is 11.0 Å². The van der Waals surface area contributed by atoms with E-state index in [4.69, 9.17) is 0 Å². The van der Waals surface area contributed by atoms with Crippen molar-refractivity contribution in [1.29, 1.82) is 0 Å². The Hall–Kier alpha value is -3.14. The predicted octanol–water partition coefficient (Wildman–Crippen LogP) is 4.62. The quantitative estimate of drug-likeness (QED) is 0.678. The van der Waals surface area contributed by atoms with Crippen molar-refractivity contribution in [3.05, 3.63) is 101 Å². The van der Waals surface area contributed by atoms with Crippen LogP contribution in [0.2, 0.25) is 0 Å². The molecule has 3 aromatic rings. The molecule has 0 aliphatic carbocycles. The van der Waals surface area contributed by atoms with Gasteiger partial charge in [-0.3, -0.25) is 4.79 Å². The van der Waals surface area contributed by atoms with Gasteiger partial charge in [0.15, 0.2) is 0 Å². The summed E-state index contributed by atoms with van der Waals surface area (Å²) in [6.07, 6.45) is 0. The molecule has 0 N–H and O–H groups in total. The fraction of sp³-hybridized carbons (Fsp3) is 0.174. The zero-order chi connectivity index (χ0) is 18.8. The molecule has 4 rings (SSSR count). The van der Waals surface area contributed by atoms with Crippen molar-refractivity contribution >= 4 is 11.6 Å². The third kappa shape index (κ3) is 3.70. The summed E-state index contributed by atoms with van der Waals surface area (Å²) in [5.41, 5.74) is 4.98. The standard InChI is InChI=1S/C23H21FN2O/c1-25(14-17-5-3-2-4-6-17)23(27)18-8-11-22(12-9-18)26-15-19-7-10-21(24)13-20(19)16-26/h2-13H,14-16H2,1H3. The van der Waals surface area contributed by atoms with E-state index in [2.05, 4.69) is 4.90 Å². The number of hydrogen-bond donors (Lipinski definition) is 0. The van der Waals surface area contributed by atoms with E-state index in [1.807, 2.05) is 67.7 Å². The molecule has 0 unspecified atom stereocenters. The topological polar surface area (TPSA) is 23.6 Å². The van der Waals surface area contributed by atoms with Crippen molar-refractivity contribution in [3.63, 3.8) is 0 Å². The largest absolute Gasteiger partial charge is 0.363 e. The van der Waals surface area contributed by atoms with Gasteiger partial charge in [-0.25, -0.2) is 4.39 Å². The van der Waals surface area contributed by atoms with Crippen molar-refractivity contribution < 1.29 is 9.18 Å². The molecule has 0 saturated carbocycles. The van der Waals surface area contributed by atoms with Gasteiger partial charge in [0.2, 0.25) is 0 Å². The summed E-state index contributed by atoms with van der Waals surface area (Å²) < 4.78 is 13.4. The minimum Gasteiger partial charge on any atom is -0.363 e. The van der Waals surface area contributed by atoms with Gasteiger partial charge in [-0.1, -0.05) is 36.4 Å². The lowest BCUT2D eigenvalue weighted by atomic mass is 10.1. The summed E-state index contributed by atoms with van der Waals surface area (Å²) in [6.45, 7) is 2.03. The molecule has 27 heavy (non-hydrogen) atoms. The van der Waals surface area contributed by atoms with E-state index < -0.39 is 0 Å². The number of halogens is 1. The molecule has 0 fully saturated rings. The molecule has 0 radical (unpaired) electrons. The van der Waals surface area contributed by atoms with Gasteiger partial charge >= 0.3 is 0 Å². The molecule has 4 heteroatoms. The molecular weight excluding hydrogens is 339 g/mol. The fourth-order valence-corrected chi connectivity index (χ4v) is 3.51. The van der Waals surface area contributed by atoms with Crippen LogP contribution < -0.4 is 4.90 Å². The summed E-state index contributed by atoms with van der Waals surface area (Å²) >= 11 is 0. The lowest BCUT2D eigenvalue weighted by Crippen LogP contribution is -2.26. The number of fused-ring (bicyclic) bond motifs is 1. The summed E-state index contributed by atoms with van der Waals surface area (Å²) in [5.74, 6) is -0.199. The number of anilines is 1. The Morgan fingerprint density at radius 1 is 0.963 bits per heavy atom. The SMILES string of the molecule is CN(Cc1ccccc1)C(=O)c1ccc(N2Cc3ccc(F)cc3C2)cc1. The lowest BCUT2D eigenvalue weighted by molar-refractivity contribution is 0.0785. The Kier molecular flexibility index (Phi) is 4.63. The van der Waals surface area contributed by atoms with Crippen LogP contribution in [-0.2, 0) is 19.6 Å². The first-order valence-corrected chi connectivity index (χ1v) is 9.02. The molecule has 1 aliphatic heterocycles. The monoisotopic (exact) mass is 360 g/mol. The molecule has 0 atom stereocenters. The van der Waals surface area contributed by atoms with E-state index in [1.165, 1.54) is 6.07 Å². The van der Waals surface area contributed by atoms with Crippen molar-refractivity contribution in [2.45, 2.75) is 19.6 Å². The van der Waals surface area contributed by atoms with Crippen molar-refractivity contribution in [2.24, 2.45) is 0 Å². The van der Waals surface area contributed by atoms with Gasteiger partial charge < -0.3 is 9.80 Å². The Bertz CT molecular complexity index is 954. The maximum Gasteiger partial charge on any atom is 0.253 e. The smallest absolute Gasteiger partial charge is 0.253 e. The predicted molar refractivity (Wildman–Crippen MR) is 105 cm³/mol. The van der Waals surface area contributed by atoms with Crippen LogP contribution in [0.3, 0.4) is 0 Å². The minimum absolute atomic E-state index is 0.00261. The van der Waals surface area contributed by atoms with Crippen LogP contribution in [0, 0.1) is 5.82 Å². The minimum atomic E-state index is -0.196. The zero-order valence-electron chi connectivity index (χ0n) is 15.2. The summed E-state index contributed by atoms with van der Waals surface area (Å²) in [7, 11) is 1.81. The second kappa shape index (κ2) is 7.23. The molecule has 0 spiro atoms. The van der Waals surface area contributed by atoms with Gasteiger partial charge in [-0.15, -0.1) is 0 Å².